The summed E-state index contributed by atoms with van der Waals surface area (Å²) in [6, 6.07) is 13.3. The fraction of sp³-hybridized carbons (Fsp3) is 0.452. The van der Waals surface area contributed by atoms with E-state index >= 15 is 0 Å². The maximum atomic E-state index is 13.8. The highest BCUT2D eigenvalue weighted by molar-refractivity contribution is 6.09. The Morgan fingerprint density at radius 2 is 1.64 bits per heavy atom. The van der Waals surface area contributed by atoms with Crippen molar-refractivity contribution in [3.63, 3.8) is 0 Å². The molecule has 4 rings (SSSR count). The molecule has 1 aliphatic carbocycles. The topological polar surface area (TPSA) is 92.7 Å². The molecule has 8 heteroatoms. The SMILES string of the molecule is CCOCCOC(=O)C1C(C)=NC2=C(C(=O)C[C@H](c3ccc(OC)c(OC)c3)C2)[C@@H]1c1ccc(OCC)cc1. The van der Waals surface area contributed by atoms with Crippen LogP contribution in [0.4, 0.5) is 0 Å². The van der Waals surface area contributed by atoms with Gasteiger partial charge >= 0.3 is 5.97 Å². The minimum absolute atomic E-state index is 0.0155. The van der Waals surface area contributed by atoms with Crippen LogP contribution in [0.2, 0.25) is 0 Å². The molecule has 0 amide bonds. The summed E-state index contributed by atoms with van der Waals surface area (Å²) in [7, 11) is 3.19. The zero-order valence-electron chi connectivity index (χ0n) is 23.3. The third-order valence-electron chi connectivity index (χ3n) is 7.25. The second-order valence-electron chi connectivity index (χ2n) is 9.58. The van der Waals surface area contributed by atoms with Gasteiger partial charge < -0.3 is 23.7 Å². The number of ether oxygens (including phenoxy) is 5. The van der Waals surface area contributed by atoms with Gasteiger partial charge in [0.2, 0.25) is 0 Å². The number of allylic oxidation sites excluding steroid dienone is 2. The summed E-state index contributed by atoms with van der Waals surface area (Å²) in [5, 5.41) is 0. The molecule has 1 aliphatic heterocycles. The monoisotopic (exact) mass is 535 g/mol. The van der Waals surface area contributed by atoms with Crippen molar-refractivity contribution in [2.24, 2.45) is 10.9 Å². The lowest BCUT2D eigenvalue weighted by Gasteiger charge is -2.36. The van der Waals surface area contributed by atoms with Gasteiger partial charge in [-0.25, -0.2) is 0 Å². The lowest BCUT2D eigenvalue weighted by atomic mass is 9.69. The van der Waals surface area contributed by atoms with Gasteiger partial charge in [0.1, 0.15) is 18.3 Å². The largest absolute Gasteiger partial charge is 0.494 e. The van der Waals surface area contributed by atoms with Crippen molar-refractivity contribution in [3.8, 4) is 17.2 Å². The van der Waals surface area contributed by atoms with Gasteiger partial charge in [0.05, 0.1) is 27.4 Å². The van der Waals surface area contributed by atoms with Crippen LogP contribution in [0.25, 0.3) is 0 Å². The molecule has 0 radical (unpaired) electrons. The number of esters is 1. The van der Waals surface area contributed by atoms with Crippen molar-refractivity contribution >= 4 is 17.5 Å². The average Bonchev–Trinajstić information content (AvgIpc) is 2.94. The first-order chi connectivity index (χ1) is 18.9. The van der Waals surface area contributed by atoms with E-state index < -0.39 is 17.8 Å². The molecule has 1 unspecified atom stereocenters. The van der Waals surface area contributed by atoms with E-state index in [0.717, 1.165) is 22.6 Å². The molecule has 2 aromatic rings. The van der Waals surface area contributed by atoms with Crippen LogP contribution in [-0.4, -0.2) is 58.1 Å². The van der Waals surface area contributed by atoms with Crippen molar-refractivity contribution in [3.05, 3.63) is 64.9 Å². The molecule has 208 valence electrons. The lowest BCUT2D eigenvalue weighted by molar-refractivity contribution is -0.148. The summed E-state index contributed by atoms with van der Waals surface area (Å²) in [6.45, 7) is 7.21. The normalized spacial score (nSPS) is 20.7. The highest BCUT2D eigenvalue weighted by Gasteiger charge is 2.44. The quantitative estimate of drug-likeness (QED) is 0.286. The van der Waals surface area contributed by atoms with Gasteiger partial charge in [-0.15, -0.1) is 0 Å². The number of methoxy groups -OCH3 is 2. The summed E-state index contributed by atoms with van der Waals surface area (Å²) in [6.07, 6.45) is 0.885. The first-order valence-electron chi connectivity index (χ1n) is 13.4. The van der Waals surface area contributed by atoms with E-state index in [-0.39, 0.29) is 18.3 Å². The number of hydrogen-bond donors (Lipinski definition) is 0. The molecule has 0 spiro atoms. The predicted octanol–water partition coefficient (Wildman–Crippen LogP) is 5.26. The summed E-state index contributed by atoms with van der Waals surface area (Å²) in [5.41, 5.74) is 3.78. The molecule has 8 nitrogen and oxygen atoms in total. The Labute approximate surface area is 230 Å². The van der Waals surface area contributed by atoms with Crippen LogP contribution in [0.1, 0.15) is 56.6 Å². The second kappa shape index (κ2) is 12.9. The van der Waals surface area contributed by atoms with E-state index in [0.29, 0.717) is 55.4 Å². The van der Waals surface area contributed by atoms with Crippen molar-refractivity contribution in [1.29, 1.82) is 0 Å². The predicted molar refractivity (Wildman–Crippen MR) is 148 cm³/mol. The van der Waals surface area contributed by atoms with Gasteiger partial charge in [-0.05, 0) is 68.5 Å². The smallest absolute Gasteiger partial charge is 0.315 e. The number of benzene rings is 2. The Morgan fingerprint density at radius 3 is 2.31 bits per heavy atom. The van der Waals surface area contributed by atoms with Crippen molar-refractivity contribution < 1.29 is 33.3 Å². The fourth-order valence-corrected chi connectivity index (χ4v) is 5.44. The molecule has 0 saturated heterocycles. The average molecular weight is 536 g/mol. The van der Waals surface area contributed by atoms with Crippen LogP contribution >= 0.6 is 0 Å². The zero-order valence-corrected chi connectivity index (χ0v) is 23.3. The molecule has 3 atom stereocenters. The maximum Gasteiger partial charge on any atom is 0.315 e. The van der Waals surface area contributed by atoms with Gasteiger partial charge in [-0.2, -0.15) is 0 Å². The van der Waals surface area contributed by atoms with E-state index in [1.165, 1.54) is 0 Å². The number of aliphatic imine (C=N–C) groups is 1. The van der Waals surface area contributed by atoms with Crippen LogP contribution in [0.15, 0.2) is 58.7 Å². The molecule has 39 heavy (non-hydrogen) atoms. The summed E-state index contributed by atoms with van der Waals surface area (Å²) >= 11 is 0. The standard InChI is InChI=1S/C31H37NO7/c1-6-37-14-15-39-31(34)28-19(3)32-24-16-22(21-10-13-26(35-4)27(18-21)36-5)17-25(33)30(24)29(28)20-8-11-23(12-9-20)38-7-2/h8-13,18,22,28-29H,6-7,14-17H2,1-5H3/t22-,28?,29-/m1/s1. The molecule has 2 aliphatic rings. The van der Waals surface area contributed by atoms with Gasteiger partial charge in [0, 0.05) is 35.9 Å². The number of rotatable bonds is 11. The third kappa shape index (κ3) is 6.17. The second-order valence-corrected chi connectivity index (χ2v) is 9.58. The van der Waals surface area contributed by atoms with Gasteiger partial charge in [-0.1, -0.05) is 18.2 Å². The molecule has 2 aromatic carbocycles. The highest BCUT2D eigenvalue weighted by Crippen LogP contribution is 2.47. The Hall–Kier alpha value is -3.65. The highest BCUT2D eigenvalue weighted by atomic mass is 16.6. The molecule has 0 N–H and O–H groups in total. The molecule has 1 heterocycles. The van der Waals surface area contributed by atoms with E-state index in [9.17, 15) is 9.59 Å². The number of carbonyl (C=O) groups excluding carboxylic acids is 2. The molecular formula is C31H37NO7. The molecule has 0 fully saturated rings. The van der Waals surface area contributed by atoms with E-state index in [4.69, 9.17) is 28.7 Å². The Kier molecular flexibility index (Phi) is 9.41. The fourth-order valence-electron chi connectivity index (χ4n) is 5.44. The zero-order chi connectivity index (χ0) is 27.9. The molecular weight excluding hydrogens is 498 g/mol. The molecule has 0 bridgehead atoms. The third-order valence-corrected chi connectivity index (χ3v) is 7.25. The summed E-state index contributed by atoms with van der Waals surface area (Å²) in [5.74, 6) is 0.300. The van der Waals surface area contributed by atoms with Crippen molar-refractivity contribution in [2.45, 2.75) is 45.4 Å². The van der Waals surface area contributed by atoms with Crippen LogP contribution in [0.5, 0.6) is 17.2 Å². The lowest BCUT2D eigenvalue weighted by Crippen LogP contribution is -2.38. The molecule has 0 saturated carbocycles. The van der Waals surface area contributed by atoms with Crippen molar-refractivity contribution in [2.75, 3.05) is 40.6 Å². The van der Waals surface area contributed by atoms with Gasteiger partial charge in [-0.3, -0.25) is 14.6 Å². The molecule has 0 aromatic heterocycles. The Bertz CT molecular complexity index is 1250. The number of carbonyl (C=O) groups is 2. The Morgan fingerprint density at radius 1 is 0.923 bits per heavy atom. The first-order valence-corrected chi connectivity index (χ1v) is 13.4. The van der Waals surface area contributed by atoms with Gasteiger partial charge in [0.25, 0.3) is 0 Å². The number of hydrogen-bond acceptors (Lipinski definition) is 8. The van der Waals surface area contributed by atoms with Gasteiger partial charge in [0.15, 0.2) is 17.3 Å². The number of nitrogens with zero attached hydrogens (tertiary/aromatic N) is 1. The van der Waals surface area contributed by atoms with E-state index in [2.05, 4.69) is 0 Å². The Balaban J connectivity index is 1.71. The van der Waals surface area contributed by atoms with Crippen LogP contribution in [0, 0.1) is 5.92 Å². The minimum atomic E-state index is -0.704. The maximum absolute atomic E-state index is 13.8. The van der Waals surface area contributed by atoms with E-state index in [1.807, 2.05) is 63.2 Å². The first kappa shape index (κ1) is 28.4. The van der Waals surface area contributed by atoms with E-state index in [1.54, 1.807) is 14.2 Å². The number of Topliss-reactive ketones (excluding diaryl/α,β-unsaturated/α-hetero) is 1. The summed E-state index contributed by atoms with van der Waals surface area (Å²) < 4.78 is 27.4. The number of ketones is 1. The van der Waals surface area contributed by atoms with Crippen LogP contribution in [-0.2, 0) is 19.1 Å². The minimum Gasteiger partial charge on any atom is -0.494 e. The van der Waals surface area contributed by atoms with Crippen molar-refractivity contribution in [1.82, 2.24) is 0 Å². The summed E-state index contributed by atoms with van der Waals surface area (Å²) in [4.78, 5) is 32.1. The van der Waals surface area contributed by atoms with Crippen LogP contribution < -0.4 is 14.2 Å². The van der Waals surface area contributed by atoms with Crippen LogP contribution in [0.3, 0.4) is 0 Å².